The van der Waals surface area contributed by atoms with Gasteiger partial charge in [-0.05, 0) is 67.9 Å². The fourth-order valence-corrected chi connectivity index (χ4v) is 4.59. The standard InChI is InChI=1S/C25H20ClN3O4S/c1-14-4-10-20-22(12-14)34-24(27-20)29(3)23(30)15(2)31-17-6-8-18(9-7-17)32-25-28-19-11-5-16(26)13-21(19)33-25/h4-13,15H,1-3H3/t15-/m1/s1. The Labute approximate surface area is 204 Å². The number of likely N-dealkylation sites (N-methyl/N-ethyl adjacent to an activating group) is 1. The van der Waals surface area contributed by atoms with Crippen molar-refractivity contribution in [3.63, 3.8) is 0 Å². The van der Waals surface area contributed by atoms with Crippen LogP contribution in [0.25, 0.3) is 21.3 Å². The third-order valence-electron chi connectivity index (χ3n) is 5.17. The number of aryl methyl sites for hydroxylation is 1. The van der Waals surface area contributed by atoms with Crippen molar-refractivity contribution in [1.82, 2.24) is 9.97 Å². The summed E-state index contributed by atoms with van der Waals surface area (Å²) in [6.07, 6.45) is -0.588. The number of halogens is 1. The normalized spacial score (nSPS) is 12.1. The minimum absolute atomic E-state index is 0.113. The highest BCUT2D eigenvalue weighted by Gasteiger charge is 2.23. The first kappa shape index (κ1) is 22.2. The van der Waals surface area contributed by atoms with Gasteiger partial charge in [-0.25, -0.2) is 4.98 Å². The van der Waals surface area contributed by atoms with Crippen LogP contribution in [0.3, 0.4) is 0 Å². The molecule has 9 heteroatoms. The van der Waals surface area contributed by atoms with Gasteiger partial charge in [-0.1, -0.05) is 29.0 Å². The Morgan fingerprint density at radius 2 is 1.76 bits per heavy atom. The van der Waals surface area contributed by atoms with Gasteiger partial charge in [-0.2, -0.15) is 4.98 Å². The molecule has 3 aromatic carbocycles. The lowest BCUT2D eigenvalue weighted by molar-refractivity contribution is -0.124. The number of nitrogens with zero attached hydrogens (tertiary/aromatic N) is 3. The number of ether oxygens (including phenoxy) is 2. The van der Waals surface area contributed by atoms with E-state index < -0.39 is 6.10 Å². The maximum absolute atomic E-state index is 12.9. The molecule has 7 nitrogen and oxygen atoms in total. The molecule has 0 aliphatic rings. The number of hydrogen-bond acceptors (Lipinski definition) is 7. The van der Waals surface area contributed by atoms with Crippen LogP contribution in [-0.2, 0) is 4.79 Å². The van der Waals surface area contributed by atoms with Gasteiger partial charge in [-0.3, -0.25) is 9.69 Å². The Kier molecular flexibility index (Phi) is 5.85. The lowest BCUT2D eigenvalue weighted by Crippen LogP contribution is -2.37. The quantitative estimate of drug-likeness (QED) is 0.264. The number of fused-ring (bicyclic) bond motifs is 2. The number of thiazole rings is 1. The zero-order valence-corrected chi connectivity index (χ0v) is 20.2. The summed E-state index contributed by atoms with van der Waals surface area (Å²) in [5.74, 6) is 0.859. The van der Waals surface area contributed by atoms with Crippen molar-refractivity contribution in [3.05, 3.63) is 71.2 Å². The number of rotatable bonds is 6. The molecule has 0 aliphatic carbocycles. The summed E-state index contributed by atoms with van der Waals surface area (Å²) < 4.78 is 18.2. The Hall–Kier alpha value is -3.62. The summed E-state index contributed by atoms with van der Waals surface area (Å²) in [5.41, 5.74) is 3.22. The largest absolute Gasteiger partial charge is 0.481 e. The lowest BCUT2D eigenvalue weighted by atomic mass is 10.2. The second-order valence-electron chi connectivity index (χ2n) is 7.79. The molecule has 0 unspecified atom stereocenters. The first-order valence-electron chi connectivity index (χ1n) is 10.5. The molecule has 0 saturated carbocycles. The van der Waals surface area contributed by atoms with Crippen LogP contribution in [0, 0.1) is 6.92 Å². The zero-order chi connectivity index (χ0) is 23.8. The van der Waals surface area contributed by atoms with Gasteiger partial charge in [0, 0.05) is 18.1 Å². The summed E-state index contributed by atoms with van der Waals surface area (Å²) in [6.45, 7) is 3.74. The Morgan fingerprint density at radius 3 is 2.56 bits per heavy atom. The van der Waals surface area contributed by atoms with E-state index in [0.29, 0.717) is 32.8 Å². The van der Waals surface area contributed by atoms with Crippen molar-refractivity contribution in [2.24, 2.45) is 0 Å². The average Bonchev–Trinajstić information content (AvgIpc) is 3.42. The van der Waals surface area contributed by atoms with E-state index in [1.807, 2.05) is 19.1 Å². The van der Waals surface area contributed by atoms with Crippen LogP contribution in [0.4, 0.5) is 5.13 Å². The Morgan fingerprint density at radius 1 is 1.03 bits per heavy atom. The molecule has 0 fully saturated rings. The van der Waals surface area contributed by atoms with Crippen LogP contribution >= 0.6 is 22.9 Å². The molecule has 5 aromatic rings. The van der Waals surface area contributed by atoms with Crippen molar-refractivity contribution in [2.75, 3.05) is 11.9 Å². The van der Waals surface area contributed by atoms with Crippen LogP contribution < -0.4 is 14.4 Å². The van der Waals surface area contributed by atoms with E-state index >= 15 is 0 Å². The first-order valence-corrected chi connectivity index (χ1v) is 11.7. The molecule has 172 valence electrons. The molecule has 0 spiro atoms. The summed E-state index contributed by atoms with van der Waals surface area (Å²) in [5, 5.41) is 1.19. The molecule has 2 heterocycles. The Balaban J connectivity index is 1.23. The summed E-state index contributed by atoms with van der Waals surface area (Å²) in [7, 11) is 1.71. The Bertz CT molecular complexity index is 1500. The van der Waals surface area contributed by atoms with Crippen molar-refractivity contribution in [1.29, 1.82) is 0 Å². The van der Waals surface area contributed by atoms with E-state index in [1.165, 1.54) is 16.2 Å². The predicted octanol–water partition coefficient (Wildman–Crippen LogP) is 6.62. The number of anilines is 1. The number of carbonyl (C=O) groups excluding carboxylic acids is 1. The van der Waals surface area contributed by atoms with Gasteiger partial charge in [0.1, 0.15) is 17.0 Å². The molecule has 0 saturated heterocycles. The van der Waals surface area contributed by atoms with E-state index in [2.05, 4.69) is 16.0 Å². The molecule has 0 bridgehead atoms. The van der Waals surface area contributed by atoms with Crippen LogP contribution in [0.1, 0.15) is 12.5 Å². The molecule has 0 radical (unpaired) electrons. The van der Waals surface area contributed by atoms with E-state index in [-0.39, 0.29) is 12.0 Å². The maximum atomic E-state index is 12.9. The molecule has 1 atom stereocenters. The zero-order valence-electron chi connectivity index (χ0n) is 18.6. The monoisotopic (exact) mass is 493 g/mol. The molecular formula is C25H20ClN3O4S. The second-order valence-corrected chi connectivity index (χ2v) is 9.24. The van der Waals surface area contributed by atoms with Crippen molar-refractivity contribution < 1.29 is 18.7 Å². The number of amides is 1. The fraction of sp³-hybridized carbons (Fsp3) is 0.160. The summed E-state index contributed by atoms with van der Waals surface area (Å²) in [4.78, 5) is 23.3. The number of aromatic nitrogens is 2. The minimum Gasteiger partial charge on any atom is -0.481 e. The third kappa shape index (κ3) is 4.55. The molecular weight excluding hydrogens is 474 g/mol. The van der Waals surface area contributed by atoms with Gasteiger partial charge in [0.15, 0.2) is 16.8 Å². The summed E-state index contributed by atoms with van der Waals surface area (Å²) in [6, 6.07) is 18.1. The average molecular weight is 494 g/mol. The maximum Gasteiger partial charge on any atom is 0.400 e. The fourth-order valence-electron chi connectivity index (χ4n) is 3.39. The predicted molar refractivity (Wildman–Crippen MR) is 133 cm³/mol. The van der Waals surface area contributed by atoms with Crippen LogP contribution in [0.2, 0.25) is 5.02 Å². The molecule has 5 rings (SSSR count). The highest BCUT2D eigenvalue weighted by atomic mass is 35.5. The van der Waals surface area contributed by atoms with E-state index in [4.69, 9.17) is 25.5 Å². The van der Waals surface area contributed by atoms with E-state index in [0.717, 1.165) is 15.8 Å². The van der Waals surface area contributed by atoms with E-state index in [9.17, 15) is 4.79 Å². The second kappa shape index (κ2) is 8.96. The smallest absolute Gasteiger partial charge is 0.400 e. The molecule has 2 aromatic heterocycles. The molecule has 34 heavy (non-hydrogen) atoms. The van der Waals surface area contributed by atoms with Gasteiger partial charge in [0.05, 0.1) is 10.2 Å². The minimum atomic E-state index is -0.702. The van der Waals surface area contributed by atoms with Gasteiger partial charge < -0.3 is 13.9 Å². The lowest BCUT2D eigenvalue weighted by Gasteiger charge is -2.20. The molecule has 0 N–H and O–H groups in total. The van der Waals surface area contributed by atoms with Crippen molar-refractivity contribution in [3.8, 4) is 17.6 Å². The van der Waals surface area contributed by atoms with Crippen LogP contribution in [0.15, 0.2) is 65.1 Å². The van der Waals surface area contributed by atoms with Gasteiger partial charge >= 0.3 is 6.08 Å². The first-order chi connectivity index (χ1) is 16.4. The van der Waals surface area contributed by atoms with Gasteiger partial charge in [0.25, 0.3) is 5.91 Å². The van der Waals surface area contributed by atoms with Gasteiger partial charge in [0.2, 0.25) is 0 Å². The van der Waals surface area contributed by atoms with Crippen molar-refractivity contribution >= 4 is 55.3 Å². The van der Waals surface area contributed by atoms with Crippen LogP contribution in [-0.4, -0.2) is 29.0 Å². The number of carbonyl (C=O) groups is 1. The van der Waals surface area contributed by atoms with Crippen LogP contribution in [0.5, 0.6) is 17.6 Å². The number of benzene rings is 3. The highest BCUT2D eigenvalue weighted by molar-refractivity contribution is 7.22. The third-order valence-corrected chi connectivity index (χ3v) is 6.50. The number of hydrogen-bond donors (Lipinski definition) is 0. The van der Waals surface area contributed by atoms with Crippen molar-refractivity contribution in [2.45, 2.75) is 20.0 Å². The summed E-state index contributed by atoms with van der Waals surface area (Å²) >= 11 is 7.45. The van der Waals surface area contributed by atoms with Gasteiger partial charge in [-0.15, -0.1) is 0 Å². The topological polar surface area (TPSA) is 77.7 Å². The number of oxazole rings is 1. The molecule has 1 amide bonds. The van der Waals surface area contributed by atoms with E-state index in [1.54, 1.807) is 56.4 Å². The molecule has 0 aliphatic heterocycles. The SMILES string of the molecule is Cc1ccc2nc(N(C)C(=O)[C@@H](C)Oc3ccc(Oc4nc5ccc(Cl)cc5o4)cc3)sc2c1. The highest BCUT2D eigenvalue weighted by Crippen LogP contribution is 2.30.